The Morgan fingerprint density at radius 2 is 1.67 bits per heavy atom. The Morgan fingerprint density at radius 3 is 2.41 bits per heavy atom. The summed E-state index contributed by atoms with van der Waals surface area (Å²) < 4.78 is 11.5. The van der Waals surface area contributed by atoms with Crippen LogP contribution in [0.3, 0.4) is 0 Å². The molecule has 0 aromatic heterocycles. The molecule has 146 valence electrons. The zero-order valence-corrected chi connectivity index (χ0v) is 16.0. The first-order valence-electron chi connectivity index (χ1n) is 10.1. The number of para-hydroxylation sites is 1. The summed E-state index contributed by atoms with van der Waals surface area (Å²) in [5.41, 5.74) is 0.937. The molecule has 2 aromatic rings. The smallest absolute Gasteiger partial charge is 0.119 e. The lowest BCUT2D eigenvalue weighted by molar-refractivity contribution is 0.144. The third-order valence-electron chi connectivity index (χ3n) is 4.98. The van der Waals surface area contributed by atoms with Crippen molar-refractivity contribution in [2.75, 3.05) is 19.8 Å². The quantitative estimate of drug-likeness (QED) is 0.606. The third kappa shape index (κ3) is 6.89. The Bertz CT molecular complexity index is 656. The molecular formula is C23H31NO3. The van der Waals surface area contributed by atoms with Gasteiger partial charge in [0.25, 0.3) is 0 Å². The Hall–Kier alpha value is -2.04. The Balaban J connectivity index is 1.35. The van der Waals surface area contributed by atoms with E-state index in [0.29, 0.717) is 19.3 Å². The summed E-state index contributed by atoms with van der Waals surface area (Å²) in [5, 5.41) is 14.0. The SMILES string of the molecule is OC(CC1CCCCN1)c1cccc(OCCCCOc2ccccc2)c1. The molecular weight excluding hydrogens is 338 g/mol. The average Bonchev–Trinajstić information content (AvgIpc) is 2.72. The standard InChI is InChI=1S/C23H31NO3/c25-23(18-20-10-4-5-14-24-20)19-9-8-13-22(17-19)27-16-7-6-15-26-21-11-2-1-3-12-21/h1-3,8-9,11-13,17,20,23-25H,4-7,10,14-16,18H2. The van der Waals surface area contributed by atoms with Gasteiger partial charge in [-0.25, -0.2) is 0 Å². The molecule has 1 heterocycles. The van der Waals surface area contributed by atoms with Crippen LogP contribution >= 0.6 is 0 Å². The number of hydrogen-bond donors (Lipinski definition) is 2. The first-order valence-corrected chi connectivity index (χ1v) is 10.1. The second-order valence-electron chi connectivity index (χ2n) is 7.19. The normalized spacial score (nSPS) is 18.0. The van der Waals surface area contributed by atoms with Crippen molar-refractivity contribution < 1.29 is 14.6 Å². The molecule has 1 fully saturated rings. The average molecular weight is 370 g/mol. The minimum absolute atomic E-state index is 0.419. The van der Waals surface area contributed by atoms with E-state index in [9.17, 15) is 5.11 Å². The number of aliphatic hydroxyl groups excluding tert-OH is 1. The Morgan fingerprint density at radius 1 is 0.926 bits per heavy atom. The molecule has 1 aliphatic rings. The summed E-state index contributed by atoms with van der Waals surface area (Å²) in [6, 6.07) is 18.2. The first-order chi connectivity index (χ1) is 13.3. The van der Waals surface area contributed by atoms with Crippen molar-refractivity contribution in [3.05, 3.63) is 60.2 Å². The summed E-state index contributed by atoms with van der Waals surface area (Å²) in [7, 11) is 0. The molecule has 27 heavy (non-hydrogen) atoms. The Kier molecular flexibility index (Phi) is 8.00. The van der Waals surface area contributed by atoms with Crippen molar-refractivity contribution in [2.24, 2.45) is 0 Å². The summed E-state index contributed by atoms with van der Waals surface area (Å²) >= 11 is 0. The molecule has 4 heteroatoms. The number of rotatable bonds is 10. The van der Waals surface area contributed by atoms with E-state index in [2.05, 4.69) is 5.32 Å². The second kappa shape index (κ2) is 11.0. The lowest BCUT2D eigenvalue weighted by atomic mass is 9.96. The highest BCUT2D eigenvalue weighted by atomic mass is 16.5. The first kappa shape index (κ1) is 19.7. The second-order valence-corrected chi connectivity index (χ2v) is 7.19. The van der Waals surface area contributed by atoms with Crippen LogP contribution in [0.5, 0.6) is 11.5 Å². The number of hydrogen-bond acceptors (Lipinski definition) is 4. The number of ether oxygens (including phenoxy) is 2. The highest BCUT2D eigenvalue weighted by Crippen LogP contribution is 2.25. The molecule has 1 aliphatic heterocycles. The van der Waals surface area contributed by atoms with Gasteiger partial charge in [0, 0.05) is 6.04 Å². The number of benzene rings is 2. The van der Waals surface area contributed by atoms with Gasteiger partial charge in [-0.2, -0.15) is 0 Å². The number of aliphatic hydroxyl groups is 1. The number of piperidine rings is 1. The largest absolute Gasteiger partial charge is 0.494 e. The van der Waals surface area contributed by atoms with E-state index in [1.807, 2.05) is 54.6 Å². The molecule has 3 rings (SSSR count). The zero-order valence-electron chi connectivity index (χ0n) is 16.0. The monoisotopic (exact) mass is 369 g/mol. The van der Waals surface area contributed by atoms with Gasteiger partial charge in [-0.05, 0) is 68.5 Å². The highest BCUT2D eigenvalue weighted by molar-refractivity contribution is 5.30. The van der Waals surface area contributed by atoms with Gasteiger partial charge in [-0.1, -0.05) is 36.8 Å². The minimum Gasteiger partial charge on any atom is -0.494 e. The molecule has 0 bridgehead atoms. The molecule has 2 N–H and O–H groups in total. The van der Waals surface area contributed by atoms with Crippen LogP contribution in [0.1, 0.15) is 50.2 Å². The van der Waals surface area contributed by atoms with Crippen LogP contribution < -0.4 is 14.8 Å². The van der Waals surface area contributed by atoms with Crippen LogP contribution in [0.2, 0.25) is 0 Å². The summed E-state index contributed by atoms with van der Waals surface area (Å²) in [4.78, 5) is 0. The van der Waals surface area contributed by atoms with E-state index in [1.54, 1.807) is 0 Å². The van der Waals surface area contributed by atoms with Crippen LogP contribution in [0, 0.1) is 0 Å². The van der Waals surface area contributed by atoms with Gasteiger partial charge in [0.2, 0.25) is 0 Å². The molecule has 0 saturated carbocycles. The van der Waals surface area contributed by atoms with Crippen molar-refractivity contribution in [2.45, 2.75) is 50.7 Å². The van der Waals surface area contributed by atoms with Crippen molar-refractivity contribution >= 4 is 0 Å². The predicted molar refractivity (Wildman–Crippen MR) is 108 cm³/mol. The van der Waals surface area contributed by atoms with Crippen molar-refractivity contribution in [3.8, 4) is 11.5 Å². The van der Waals surface area contributed by atoms with E-state index in [4.69, 9.17) is 9.47 Å². The minimum atomic E-state index is -0.441. The van der Waals surface area contributed by atoms with E-state index >= 15 is 0 Å². The predicted octanol–water partition coefficient (Wildman–Crippen LogP) is 4.49. The van der Waals surface area contributed by atoms with E-state index in [1.165, 1.54) is 12.8 Å². The van der Waals surface area contributed by atoms with Crippen LogP contribution in [0.4, 0.5) is 0 Å². The molecule has 1 saturated heterocycles. The van der Waals surface area contributed by atoms with Crippen LogP contribution in [0.25, 0.3) is 0 Å². The molecule has 0 spiro atoms. The van der Waals surface area contributed by atoms with Gasteiger partial charge in [-0.15, -0.1) is 0 Å². The van der Waals surface area contributed by atoms with Gasteiger partial charge in [-0.3, -0.25) is 0 Å². The number of nitrogens with one attached hydrogen (secondary N) is 1. The van der Waals surface area contributed by atoms with E-state index in [-0.39, 0.29) is 0 Å². The summed E-state index contributed by atoms with van der Waals surface area (Å²) in [6.07, 6.45) is 5.85. The fourth-order valence-corrected chi connectivity index (χ4v) is 3.44. The van der Waals surface area contributed by atoms with Crippen LogP contribution in [-0.2, 0) is 0 Å². The highest BCUT2D eigenvalue weighted by Gasteiger charge is 2.18. The maximum atomic E-state index is 10.5. The molecule has 2 aromatic carbocycles. The lowest BCUT2D eigenvalue weighted by Gasteiger charge is -2.25. The molecule has 0 aliphatic carbocycles. The molecule has 0 amide bonds. The van der Waals surface area contributed by atoms with Crippen molar-refractivity contribution in [3.63, 3.8) is 0 Å². The number of unbranched alkanes of at least 4 members (excludes halogenated alkanes) is 1. The van der Waals surface area contributed by atoms with E-state index < -0.39 is 6.10 Å². The fraction of sp³-hybridized carbons (Fsp3) is 0.478. The zero-order chi connectivity index (χ0) is 18.7. The third-order valence-corrected chi connectivity index (χ3v) is 4.98. The molecule has 2 unspecified atom stereocenters. The van der Waals surface area contributed by atoms with Crippen LogP contribution in [0.15, 0.2) is 54.6 Å². The summed E-state index contributed by atoms with van der Waals surface area (Å²) in [5.74, 6) is 1.74. The molecule has 4 nitrogen and oxygen atoms in total. The fourth-order valence-electron chi connectivity index (χ4n) is 3.44. The van der Waals surface area contributed by atoms with Gasteiger partial charge in [0.05, 0.1) is 19.3 Å². The van der Waals surface area contributed by atoms with Gasteiger partial charge < -0.3 is 19.9 Å². The molecule has 0 radical (unpaired) electrons. The molecule has 2 atom stereocenters. The maximum absolute atomic E-state index is 10.5. The maximum Gasteiger partial charge on any atom is 0.119 e. The van der Waals surface area contributed by atoms with Crippen molar-refractivity contribution in [1.29, 1.82) is 0 Å². The van der Waals surface area contributed by atoms with Gasteiger partial charge in [0.15, 0.2) is 0 Å². The van der Waals surface area contributed by atoms with E-state index in [0.717, 1.165) is 49.3 Å². The van der Waals surface area contributed by atoms with Gasteiger partial charge in [0.1, 0.15) is 11.5 Å². The van der Waals surface area contributed by atoms with Crippen molar-refractivity contribution in [1.82, 2.24) is 5.32 Å². The lowest BCUT2D eigenvalue weighted by Crippen LogP contribution is -2.35. The Labute approximate surface area is 162 Å². The summed E-state index contributed by atoms with van der Waals surface area (Å²) in [6.45, 7) is 2.41. The topological polar surface area (TPSA) is 50.7 Å². The van der Waals surface area contributed by atoms with Gasteiger partial charge >= 0.3 is 0 Å². The van der Waals surface area contributed by atoms with Crippen LogP contribution in [-0.4, -0.2) is 30.9 Å².